The third kappa shape index (κ3) is 1.60. The first-order chi connectivity index (χ1) is 9.76. The minimum Gasteiger partial charge on any atom is -0.213 e. The zero-order valence-electron chi connectivity index (χ0n) is 10.6. The summed E-state index contributed by atoms with van der Waals surface area (Å²) in [6.45, 7) is 1.73. The van der Waals surface area contributed by atoms with Gasteiger partial charge in [-0.05, 0) is 6.92 Å². The highest BCUT2D eigenvalue weighted by atomic mass is 15.3. The van der Waals surface area contributed by atoms with Crippen LogP contribution in [0.4, 0.5) is 0 Å². The SMILES string of the molecule is Cc1c(C#N)nnc2c(C#N)c(-c3ccccc3)nn12. The van der Waals surface area contributed by atoms with Crippen LogP contribution < -0.4 is 0 Å². The summed E-state index contributed by atoms with van der Waals surface area (Å²) in [5, 5.41) is 30.5. The zero-order chi connectivity index (χ0) is 14.1. The van der Waals surface area contributed by atoms with Crippen molar-refractivity contribution in [3.8, 4) is 23.4 Å². The second-order valence-electron chi connectivity index (χ2n) is 4.18. The van der Waals surface area contributed by atoms with Gasteiger partial charge in [0, 0.05) is 5.56 Å². The highest BCUT2D eigenvalue weighted by molar-refractivity contribution is 5.74. The van der Waals surface area contributed by atoms with Crippen LogP contribution in [0.1, 0.15) is 17.0 Å². The minimum absolute atomic E-state index is 0.198. The Balaban J connectivity index is 2.39. The smallest absolute Gasteiger partial charge is 0.196 e. The summed E-state index contributed by atoms with van der Waals surface area (Å²) in [5.74, 6) is 0. The van der Waals surface area contributed by atoms with Crippen LogP contribution in [-0.4, -0.2) is 19.8 Å². The molecule has 6 nitrogen and oxygen atoms in total. The summed E-state index contributed by atoms with van der Waals surface area (Å²) in [6.07, 6.45) is 0. The average molecular weight is 260 g/mol. The van der Waals surface area contributed by atoms with Crippen molar-refractivity contribution in [1.82, 2.24) is 19.8 Å². The van der Waals surface area contributed by atoms with E-state index in [4.69, 9.17) is 5.26 Å². The molecule has 0 N–H and O–H groups in total. The van der Waals surface area contributed by atoms with Crippen LogP contribution in [0.15, 0.2) is 30.3 Å². The van der Waals surface area contributed by atoms with Gasteiger partial charge < -0.3 is 0 Å². The lowest BCUT2D eigenvalue weighted by molar-refractivity contribution is 0.841. The van der Waals surface area contributed by atoms with Crippen molar-refractivity contribution in [1.29, 1.82) is 10.5 Å². The van der Waals surface area contributed by atoms with E-state index < -0.39 is 0 Å². The summed E-state index contributed by atoms with van der Waals surface area (Å²) in [6, 6.07) is 13.5. The molecule has 94 valence electrons. The van der Waals surface area contributed by atoms with Crippen molar-refractivity contribution in [2.45, 2.75) is 6.92 Å². The van der Waals surface area contributed by atoms with Crippen LogP contribution in [0.2, 0.25) is 0 Å². The van der Waals surface area contributed by atoms with E-state index in [1.807, 2.05) is 36.4 Å². The van der Waals surface area contributed by atoms with Gasteiger partial charge in [0.05, 0.1) is 5.69 Å². The van der Waals surface area contributed by atoms with Gasteiger partial charge in [0.15, 0.2) is 11.3 Å². The predicted octanol–water partition coefficient (Wildman–Crippen LogP) is 1.84. The molecule has 0 spiro atoms. The maximum absolute atomic E-state index is 9.35. The first-order valence-corrected chi connectivity index (χ1v) is 5.88. The van der Waals surface area contributed by atoms with E-state index in [2.05, 4.69) is 21.4 Å². The summed E-state index contributed by atoms with van der Waals surface area (Å²) in [7, 11) is 0. The number of benzene rings is 1. The lowest BCUT2D eigenvalue weighted by Gasteiger charge is -1.97. The van der Waals surface area contributed by atoms with Gasteiger partial charge in [-0.3, -0.25) is 0 Å². The number of aryl methyl sites for hydroxylation is 1. The number of hydrogen-bond acceptors (Lipinski definition) is 5. The molecule has 0 unspecified atom stereocenters. The van der Waals surface area contributed by atoms with Crippen molar-refractivity contribution >= 4 is 5.65 Å². The topological polar surface area (TPSA) is 90.7 Å². The standard InChI is InChI=1S/C14H8N6/c1-9-12(8-16)17-18-14-11(7-15)13(19-20(9)14)10-5-3-2-4-6-10/h2-6H,1H3. The Morgan fingerprint density at radius 2 is 1.80 bits per heavy atom. The Morgan fingerprint density at radius 1 is 1.05 bits per heavy atom. The number of rotatable bonds is 1. The van der Waals surface area contributed by atoms with Crippen molar-refractivity contribution in [2.75, 3.05) is 0 Å². The molecule has 6 heteroatoms. The molecular formula is C14H8N6. The monoisotopic (exact) mass is 260 g/mol. The Bertz CT molecular complexity index is 880. The van der Waals surface area contributed by atoms with E-state index in [0.717, 1.165) is 5.56 Å². The third-order valence-corrected chi connectivity index (χ3v) is 3.03. The van der Waals surface area contributed by atoms with Gasteiger partial charge in [-0.1, -0.05) is 30.3 Å². The van der Waals surface area contributed by atoms with Gasteiger partial charge in [-0.2, -0.15) is 15.6 Å². The summed E-state index contributed by atoms with van der Waals surface area (Å²) >= 11 is 0. The number of hydrogen-bond donors (Lipinski definition) is 0. The molecule has 3 rings (SSSR count). The van der Waals surface area contributed by atoms with Crippen LogP contribution in [0.25, 0.3) is 16.9 Å². The van der Waals surface area contributed by atoms with Gasteiger partial charge in [0.2, 0.25) is 0 Å². The van der Waals surface area contributed by atoms with Gasteiger partial charge in [-0.15, -0.1) is 10.2 Å². The van der Waals surface area contributed by atoms with Gasteiger partial charge in [0.25, 0.3) is 0 Å². The molecule has 1 aromatic carbocycles. The van der Waals surface area contributed by atoms with E-state index >= 15 is 0 Å². The molecule has 0 aliphatic heterocycles. The summed E-state index contributed by atoms with van der Waals surface area (Å²) in [4.78, 5) is 0. The van der Waals surface area contributed by atoms with Crippen LogP contribution in [0, 0.1) is 29.6 Å². The van der Waals surface area contributed by atoms with Crippen LogP contribution in [0.5, 0.6) is 0 Å². The molecule has 0 bridgehead atoms. The van der Waals surface area contributed by atoms with Gasteiger partial charge in [-0.25, -0.2) is 4.52 Å². The van der Waals surface area contributed by atoms with Crippen LogP contribution in [0.3, 0.4) is 0 Å². The summed E-state index contributed by atoms with van der Waals surface area (Å²) < 4.78 is 1.49. The van der Waals surface area contributed by atoms with Crippen molar-refractivity contribution in [2.24, 2.45) is 0 Å². The normalized spacial score (nSPS) is 10.2. The minimum atomic E-state index is 0.198. The molecule has 0 saturated heterocycles. The molecule has 2 heterocycles. The number of fused-ring (bicyclic) bond motifs is 1. The second kappa shape index (κ2) is 4.45. The molecule has 0 fully saturated rings. The maximum Gasteiger partial charge on any atom is 0.196 e. The zero-order valence-corrected chi connectivity index (χ0v) is 10.6. The Morgan fingerprint density at radius 3 is 2.45 bits per heavy atom. The number of aromatic nitrogens is 4. The lowest BCUT2D eigenvalue weighted by atomic mass is 10.1. The molecule has 20 heavy (non-hydrogen) atoms. The third-order valence-electron chi connectivity index (χ3n) is 3.03. The highest BCUT2D eigenvalue weighted by Gasteiger charge is 2.18. The Kier molecular flexibility index (Phi) is 2.63. The first kappa shape index (κ1) is 11.8. The van der Waals surface area contributed by atoms with E-state index in [-0.39, 0.29) is 5.69 Å². The fraction of sp³-hybridized carbons (Fsp3) is 0.0714. The fourth-order valence-corrected chi connectivity index (χ4v) is 2.01. The quantitative estimate of drug-likeness (QED) is 0.665. The molecule has 0 aliphatic rings. The molecule has 0 saturated carbocycles. The molecule has 0 radical (unpaired) electrons. The van der Waals surface area contributed by atoms with E-state index in [1.54, 1.807) is 6.92 Å². The van der Waals surface area contributed by atoms with E-state index in [1.165, 1.54) is 4.52 Å². The number of nitrogens with zero attached hydrogens (tertiary/aromatic N) is 6. The molecule has 0 atom stereocenters. The van der Waals surface area contributed by atoms with Gasteiger partial charge >= 0.3 is 0 Å². The maximum atomic E-state index is 9.35. The molecule has 0 amide bonds. The second-order valence-corrected chi connectivity index (χ2v) is 4.18. The van der Waals surface area contributed by atoms with E-state index in [0.29, 0.717) is 22.6 Å². The van der Waals surface area contributed by atoms with Gasteiger partial charge in [0.1, 0.15) is 23.4 Å². The molecule has 0 aliphatic carbocycles. The first-order valence-electron chi connectivity index (χ1n) is 5.88. The van der Waals surface area contributed by atoms with Crippen LogP contribution >= 0.6 is 0 Å². The largest absolute Gasteiger partial charge is 0.213 e. The Labute approximate surface area is 114 Å². The molecular weight excluding hydrogens is 252 g/mol. The highest BCUT2D eigenvalue weighted by Crippen LogP contribution is 2.24. The fourth-order valence-electron chi connectivity index (χ4n) is 2.01. The van der Waals surface area contributed by atoms with Crippen molar-refractivity contribution < 1.29 is 0 Å². The van der Waals surface area contributed by atoms with Crippen molar-refractivity contribution in [3.05, 3.63) is 47.3 Å². The van der Waals surface area contributed by atoms with Crippen molar-refractivity contribution in [3.63, 3.8) is 0 Å². The predicted molar refractivity (Wildman–Crippen MR) is 70.4 cm³/mol. The number of nitriles is 2. The molecule has 3 aromatic rings. The van der Waals surface area contributed by atoms with Crippen LogP contribution in [-0.2, 0) is 0 Å². The molecule has 2 aromatic heterocycles. The average Bonchev–Trinajstić information content (AvgIpc) is 2.88. The lowest BCUT2D eigenvalue weighted by Crippen LogP contribution is -2.02. The summed E-state index contributed by atoms with van der Waals surface area (Å²) in [5.41, 5.74) is 2.85. The van der Waals surface area contributed by atoms with E-state index in [9.17, 15) is 5.26 Å². The Hall–Kier alpha value is -3.25.